The molecule has 0 unspecified atom stereocenters. The Labute approximate surface area is 99.2 Å². The largest absolute Gasteiger partial charge is 0.383 e. The van der Waals surface area contributed by atoms with Gasteiger partial charge in [-0.15, -0.1) is 0 Å². The number of carbonyl (C=O) groups is 1. The van der Waals surface area contributed by atoms with E-state index in [1.807, 2.05) is 0 Å². The topological polar surface area (TPSA) is 79.9 Å². The van der Waals surface area contributed by atoms with Crippen molar-refractivity contribution in [3.63, 3.8) is 0 Å². The van der Waals surface area contributed by atoms with E-state index in [2.05, 4.69) is 16.5 Å². The number of amides is 1. The van der Waals surface area contributed by atoms with Gasteiger partial charge in [0.05, 0.1) is 31.1 Å². The van der Waals surface area contributed by atoms with Crippen molar-refractivity contribution in [2.75, 3.05) is 19.0 Å². The quantitative estimate of drug-likeness (QED) is 0.816. The third-order valence-electron chi connectivity index (χ3n) is 2.81. The predicted molar refractivity (Wildman–Crippen MR) is 60.0 cm³/mol. The Morgan fingerprint density at radius 1 is 1.76 bits per heavy atom. The number of anilines is 1. The van der Waals surface area contributed by atoms with Crippen molar-refractivity contribution in [1.29, 1.82) is 5.26 Å². The molecule has 1 aliphatic carbocycles. The van der Waals surface area contributed by atoms with E-state index in [0.29, 0.717) is 31.7 Å². The smallest absolute Gasteiger partial charge is 0.244 e. The second kappa shape index (κ2) is 4.55. The maximum Gasteiger partial charge on any atom is 0.244 e. The Morgan fingerprint density at radius 3 is 3.12 bits per heavy atom. The fraction of sp³-hybridized carbons (Fsp3) is 0.545. The summed E-state index contributed by atoms with van der Waals surface area (Å²) >= 11 is 0. The molecule has 17 heavy (non-hydrogen) atoms. The first-order valence-corrected chi connectivity index (χ1v) is 5.44. The van der Waals surface area contributed by atoms with Gasteiger partial charge in [0, 0.05) is 13.3 Å². The van der Waals surface area contributed by atoms with Gasteiger partial charge >= 0.3 is 0 Å². The average molecular weight is 234 g/mol. The summed E-state index contributed by atoms with van der Waals surface area (Å²) in [4.78, 5) is 11.8. The second-order valence-electron chi connectivity index (χ2n) is 4.13. The minimum Gasteiger partial charge on any atom is -0.383 e. The molecule has 6 nitrogen and oxygen atoms in total. The molecule has 0 atom stereocenters. The molecule has 1 aromatic rings. The van der Waals surface area contributed by atoms with Crippen molar-refractivity contribution in [3.8, 4) is 6.07 Å². The van der Waals surface area contributed by atoms with E-state index in [0.717, 1.165) is 0 Å². The summed E-state index contributed by atoms with van der Waals surface area (Å²) in [6, 6.07) is 2.05. The normalized spacial score (nSPS) is 16.2. The summed E-state index contributed by atoms with van der Waals surface area (Å²) in [5.41, 5.74) is -0.179. The number of nitriles is 1. The fourth-order valence-corrected chi connectivity index (χ4v) is 1.50. The highest BCUT2D eigenvalue weighted by molar-refractivity contribution is 5.99. The van der Waals surface area contributed by atoms with E-state index in [4.69, 9.17) is 10.00 Å². The van der Waals surface area contributed by atoms with Crippen molar-refractivity contribution < 1.29 is 9.53 Å². The second-order valence-corrected chi connectivity index (χ2v) is 4.13. The first kappa shape index (κ1) is 11.6. The predicted octanol–water partition coefficient (Wildman–Crippen LogP) is 0.772. The number of nitrogens with one attached hydrogen (secondary N) is 1. The van der Waals surface area contributed by atoms with Crippen LogP contribution in [0.5, 0.6) is 0 Å². The lowest BCUT2D eigenvalue weighted by Gasteiger charge is -2.05. The van der Waals surface area contributed by atoms with Crippen molar-refractivity contribution in [3.05, 3.63) is 12.4 Å². The molecule has 1 heterocycles. The summed E-state index contributed by atoms with van der Waals surface area (Å²) < 4.78 is 6.61. The molecule has 0 saturated heterocycles. The van der Waals surface area contributed by atoms with E-state index in [9.17, 15) is 4.79 Å². The van der Waals surface area contributed by atoms with E-state index in [-0.39, 0.29) is 5.91 Å². The zero-order chi connectivity index (χ0) is 12.3. The van der Waals surface area contributed by atoms with Crippen LogP contribution in [0.25, 0.3) is 0 Å². The molecule has 0 aliphatic heterocycles. The lowest BCUT2D eigenvalue weighted by Crippen LogP contribution is -2.22. The third kappa shape index (κ3) is 2.45. The van der Waals surface area contributed by atoms with Gasteiger partial charge in [-0.1, -0.05) is 0 Å². The van der Waals surface area contributed by atoms with Gasteiger partial charge in [-0.2, -0.15) is 10.4 Å². The molecule has 1 aromatic heterocycles. The van der Waals surface area contributed by atoms with Crippen LogP contribution in [0.1, 0.15) is 12.8 Å². The number of hydrogen-bond donors (Lipinski definition) is 1. The monoisotopic (exact) mass is 234 g/mol. The summed E-state index contributed by atoms with van der Waals surface area (Å²) in [7, 11) is 1.62. The molecule has 1 fully saturated rings. The molecule has 1 amide bonds. The first-order valence-electron chi connectivity index (χ1n) is 5.44. The lowest BCUT2D eigenvalue weighted by molar-refractivity contribution is -0.119. The Kier molecular flexibility index (Phi) is 3.11. The highest BCUT2D eigenvalue weighted by Crippen LogP contribution is 2.45. The van der Waals surface area contributed by atoms with Crippen LogP contribution < -0.4 is 5.32 Å². The van der Waals surface area contributed by atoms with Crippen molar-refractivity contribution >= 4 is 11.6 Å². The number of ether oxygens (including phenoxy) is 1. The molecule has 90 valence electrons. The Hall–Kier alpha value is -1.87. The standard InChI is InChI=1S/C11H14N4O2/c1-17-5-4-15-7-9(6-13-15)14-10(16)11(8-12)2-3-11/h6-7H,2-5H2,1H3,(H,14,16). The van der Waals surface area contributed by atoms with Gasteiger partial charge in [0.25, 0.3) is 0 Å². The van der Waals surface area contributed by atoms with Crippen LogP contribution in [0.3, 0.4) is 0 Å². The van der Waals surface area contributed by atoms with Crippen molar-refractivity contribution in [1.82, 2.24) is 9.78 Å². The number of hydrogen-bond acceptors (Lipinski definition) is 4. The minimum atomic E-state index is -0.797. The summed E-state index contributed by atoms with van der Waals surface area (Å²) in [5, 5.41) is 15.7. The fourth-order valence-electron chi connectivity index (χ4n) is 1.50. The van der Waals surface area contributed by atoms with Crippen LogP contribution in [-0.2, 0) is 16.1 Å². The van der Waals surface area contributed by atoms with Gasteiger partial charge in [0.15, 0.2) is 0 Å². The molecule has 0 aromatic carbocycles. The zero-order valence-electron chi connectivity index (χ0n) is 9.64. The van der Waals surface area contributed by atoms with Gasteiger partial charge in [-0.05, 0) is 12.8 Å². The van der Waals surface area contributed by atoms with Crippen LogP contribution in [0.4, 0.5) is 5.69 Å². The van der Waals surface area contributed by atoms with Crippen LogP contribution in [0.2, 0.25) is 0 Å². The molecule has 2 rings (SSSR count). The van der Waals surface area contributed by atoms with Crippen molar-refractivity contribution in [2.45, 2.75) is 19.4 Å². The molecule has 1 aliphatic rings. The number of carbonyl (C=O) groups excluding carboxylic acids is 1. The number of aromatic nitrogens is 2. The van der Waals surface area contributed by atoms with Gasteiger partial charge in [0.1, 0.15) is 5.41 Å². The molecule has 0 spiro atoms. The Bertz CT molecular complexity index is 456. The highest BCUT2D eigenvalue weighted by Gasteiger charge is 2.50. The molecule has 1 N–H and O–H groups in total. The van der Waals surface area contributed by atoms with Crippen LogP contribution >= 0.6 is 0 Å². The highest BCUT2D eigenvalue weighted by atomic mass is 16.5. The van der Waals surface area contributed by atoms with Gasteiger partial charge < -0.3 is 10.1 Å². The van der Waals surface area contributed by atoms with Gasteiger partial charge in [-0.3, -0.25) is 9.48 Å². The molecular formula is C11H14N4O2. The molecule has 6 heteroatoms. The lowest BCUT2D eigenvalue weighted by atomic mass is 10.1. The summed E-state index contributed by atoms with van der Waals surface area (Å²) in [6.45, 7) is 1.20. The van der Waals surface area contributed by atoms with E-state index in [1.54, 1.807) is 24.2 Å². The van der Waals surface area contributed by atoms with Crippen LogP contribution in [0.15, 0.2) is 12.4 Å². The molecule has 0 radical (unpaired) electrons. The van der Waals surface area contributed by atoms with E-state index >= 15 is 0 Å². The number of nitrogens with zero attached hydrogens (tertiary/aromatic N) is 3. The van der Waals surface area contributed by atoms with Crippen LogP contribution in [0, 0.1) is 16.7 Å². The van der Waals surface area contributed by atoms with E-state index < -0.39 is 5.41 Å². The summed E-state index contributed by atoms with van der Waals surface area (Å²) in [6.07, 6.45) is 4.59. The number of rotatable bonds is 5. The van der Waals surface area contributed by atoms with E-state index in [1.165, 1.54) is 0 Å². The Balaban J connectivity index is 1.93. The molecular weight excluding hydrogens is 220 g/mol. The maximum absolute atomic E-state index is 11.8. The zero-order valence-corrected chi connectivity index (χ0v) is 9.64. The number of methoxy groups -OCH3 is 1. The Morgan fingerprint density at radius 2 is 2.53 bits per heavy atom. The first-order chi connectivity index (χ1) is 8.20. The van der Waals surface area contributed by atoms with Gasteiger partial charge in [-0.25, -0.2) is 0 Å². The minimum absolute atomic E-state index is 0.230. The third-order valence-corrected chi connectivity index (χ3v) is 2.81. The molecule has 1 saturated carbocycles. The van der Waals surface area contributed by atoms with Crippen LogP contribution in [-0.4, -0.2) is 29.4 Å². The maximum atomic E-state index is 11.8. The summed E-state index contributed by atoms with van der Waals surface area (Å²) in [5.74, 6) is -0.230. The van der Waals surface area contributed by atoms with Gasteiger partial charge in [0.2, 0.25) is 5.91 Å². The molecule has 0 bridgehead atoms. The van der Waals surface area contributed by atoms with Crippen molar-refractivity contribution in [2.24, 2.45) is 5.41 Å². The SMILES string of the molecule is COCCn1cc(NC(=O)C2(C#N)CC2)cn1. The average Bonchev–Trinajstić information content (AvgIpc) is 3.03.